The van der Waals surface area contributed by atoms with Crippen molar-refractivity contribution < 1.29 is 9.90 Å². The highest BCUT2D eigenvalue weighted by molar-refractivity contribution is 5.79. The minimum Gasteiger partial charge on any atom is -0.391 e. The lowest BCUT2D eigenvalue weighted by molar-refractivity contribution is -0.130. The number of likely N-dealkylation sites (tertiary alicyclic amines) is 1. The van der Waals surface area contributed by atoms with Gasteiger partial charge < -0.3 is 10.0 Å². The number of β-amino-alcohol motifs (C(OH)–C–C–N with tert-alkyl or cyclic N) is 1. The van der Waals surface area contributed by atoms with Crippen LogP contribution in [0.5, 0.6) is 0 Å². The van der Waals surface area contributed by atoms with Crippen molar-refractivity contribution in [2.45, 2.75) is 32.4 Å². The van der Waals surface area contributed by atoms with Gasteiger partial charge in [-0.3, -0.25) is 4.79 Å². The summed E-state index contributed by atoms with van der Waals surface area (Å²) in [5, 5.41) is 9.59. The van der Waals surface area contributed by atoms with Gasteiger partial charge in [-0.1, -0.05) is 44.2 Å². The molecule has 0 aromatic heterocycles. The molecule has 0 aliphatic carbocycles. The number of hydrogen-bond acceptors (Lipinski definition) is 2. The van der Waals surface area contributed by atoms with Crippen LogP contribution in [-0.4, -0.2) is 28.6 Å². The molecule has 3 heteroatoms. The van der Waals surface area contributed by atoms with Crippen molar-refractivity contribution in [1.29, 1.82) is 0 Å². The molecule has 1 aromatic carbocycles. The van der Waals surface area contributed by atoms with Crippen LogP contribution in [0.15, 0.2) is 30.3 Å². The normalized spacial score (nSPS) is 22.2. The van der Waals surface area contributed by atoms with E-state index in [0.29, 0.717) is 12.5 Å². The summed E-state index contributed by atoms with van der Waals surface area (Å²) in [6.07, 6.45) is -0.247. The number of carbonyl (C=O) groups is 1. The predicted octanol–water partition coefficient (Wildman–Crippen LogP) is 1.98. The van der Waals surface area contributed by atoms with Crippen molar-refractivity contribution in [2.24, 2.45) is 5.92 Å². The van der Waals surface area contributed by atoms with E-state index in [4.69, 9.17) is 0 Å². The highest BCUT2D eigenvalue weighted by atomic mass is 16.3. The van der Waals surface area contributed by atoms with E-state index in [1.54, 1.807) is 0 Å². The predicted molar refractivity (Wildman–Crippen MR) is 66.4 cm³/mol. The summed E-state index contributed by atoms with van der Waals surface area (Å²) in [7, 11) is 0. The Kier molecular flexibility index (Phi) is 3.48. The largest absolute Gasteiger partial charge is 0.391 e. The maximum atomic E-state index is 11.9. The molecule has 1 saturated heterocycles. The SMILES string of the molecule is CC(C)C(c1ccccc1)N1CC(O)CC1=O. The van der Waals surface area contributed by atoms with E-state index in [1.807, 2.05) is 35.2 Å². The van der Waals surface area contributed by atoms with Crippen LogP contribution >= 0.6 is 0 Å². The molecule has 1 aromatic rings. The number of nitrogens with zero attached hydrogens (tertiary/aromatic N) is 1. The molecule has 17 heavy (non-hydrogen) atoms. The van der Waals surface area contributed by atoms with Gasteiger partial charge in [0.05, 0.1) is 18.6 Å². The van der Waals surface area contributed by atoms with Crippen molar-refractivity contribution in [3.8, 4) is 0 Å². The minimum absolute atomic E-state index is 0.0556. The molecule has 1 aliphatic rings. The molecule has 3 nitrogen and oxygen atoms in total. The Bertz CT molecular complexity index is 388. The van der Waals surface area contributed by atoms with Crippen LogP contribution in [0.25, 0.3) is 0 Å². The van der Waals surface area contributed by atoms with Gasteiger partial charge in [-0.25, -0.2) is 0 Å². The zero-order chi connectivity index (χ0) is 12.4. The Morgan fingerprint density at radius 1 is 1.29 bits per heavy atom. The van der Waals surface area contributed by atoms with E-state index in [0.717, 1.165) is 5.56 Å². The summed E-state index contributed by atoms with van der Waals surface area (Å²) < 4.78 is 0. The number of rotatable bonds is 3. The van der Waals surface area contributed by atoms with E-state index in [2.05, 4.69) is 13.8 Å². The second-order valence-electron chi connectivity index (χ2n) is 5.00. The summed E-state index contributed by atoms with van der Waals surface area (Å²) in [6, 6.07) is 10.1. The van der Waals surface area contributed by atoms with E-state index < -0.39 is 6.10 Å². The first-order valence-electron chi connectivity index (χ1n) is 6.12. The fourth-order valence-corrected chi connectivity index (χ4v) is 2.56. The smallest absolute Gasteiger partial charge is 0.225 e. The summed E-state index contributed by atoms with van der Waals surface area (Å²) in [5.41, 5.74) is 1.14. The lowest BCUT2D eigenvalue weighted by atomic mass is 9.95. The fourth-order valence-electron chi connectivity index (χ4n) is 2.56. The summed E-state index contributed by atoms with van der Waals surface area (Å²) in [6.45, 7) is 4.67. The molecule has 92 valence electrons. The Labute approximate surface area is 102 Å². The maximum absolute atomic E-state index is 11.9. The van der Waals surface area contributed by atoms with Gasteiger partial charge >= 0.3 is 0 Å². The van der Waals surface area contributed by atoms with Gasteiger partial charge in [-0.05, 0) is 11.5 Å². The number of amides is 1. The van der Waals surface area contributed by atoms with Crippen LogP contribution in [0.1, 0.15) is 31.9 Å². The number of hydrogen-bond donors (Lipinski definition) is 1. The zero-order valence-electron chi connectivity index (χ0n) is 10.3. The highest BCUT2D eigenvalue weighted by Gasteiger charge is 2.35. The summed E-state index contributed by atoms with van der Waals surface area (Å²) >= 11 is 0. The second kappa shape index (κ2) is 4.88. The van der Waals surface area contributed by atoms with Crippen molar-refractivity contribution in [2.75, 3.05) is 6.54 Å². The number of aliphatic hydroxyl groups is 1. The molecule has 0 spiro atoms. The molecule has 0 radical (unpaired) electrons. The standard InChI is InChI=1S/C14H19NO2/c1-10(2)14(11-6-4-3-5-7-11)15-9-12(16)8-13(15)17/h3-7,10,12,14,16H,8-9H2,1-2H3. The van der Waals surface area contributed by atoms with Crippen molar-refractivity contribution in [3.63, 3.8) is 0 Å². The Morgan fingerprint density at radius 3 is 2.41 bits per heavy atom. The summed E-state index contributed by atoms with van der Waals surface area (Å²) in [5.74, 6) is 0.395. The molecule has 2 atom stereocenters. The van der Waals surface area contributed by atoms with Gasteiger partial charge in [-0.15, -0.1) is 0 Å². The molecule has 1 heterocycles. The first-order valence-corrected chi connectivity index (χ1v) is 6.12. The average Bonchev–Trinajstić information content (AvgIpc) is 2.59. The van der Waals surface area contributed by atoms with Crippen LogP contribution in [0, 0.1) is 5.92 Å². The van der Waals surface area contributed by atoms with Crippen LogP contribution < -0.4 is 0 Å². The fraction of sp³-hybridized carbons (Fsp3) is 0.500. The van der Waals surface area contributed by atoms with Crippen LogP contribution in [-0.2, 0) is 4.79 Å². The average molecular weight is 233 g/mol. The molecule has 0 saturated carbocycles. The first kappa shape index (κ1) is 12.1. The van der Waals surface area contributed by atoms with E-state index in [1.165, 1.54) is 0 Å². The number of benzene rings is 1. The maximum Gasteiger partial charge on any atom is 0.225 e. The molecular formula is C14H19NO2. The van der Waals surface area contributed by atoms with E-state index in [9.17, 15) is 9.90 Å². The molecule has 2 rings (SSSR count). The third-order valence-electron chi connectivity index (χ3n) is 3.25. The third-order valence-corrected chi connectivity index (χ3v) is 3.25. The molecule has 1 fully saturated rings. The van der Waals surface area contributed by atoms with Crippen LogP contribution in [0.2, 0.25) is 0 Å². The van der Waals surface area contributed by atoms with Crippen molar-refractivity contribution >= 4 is 5.91 Å². The van der Waals surface area contributed by atoms with Gasteiger partial charge in [0, 0.05) is 6.54 Å². The monoisotopic (exact) mass is 233 g/mol. The molecule has 1 N–H and O–H groups in total. The second-order valence-corrected chi connectivity index (χ2v) is 5.00. The van der Waals surface area contributed by atoms with Gasteiger partial charge in [0.15, 0.2) is 0 Å². The topological polar surface area (TPSA) is 40.5 Å². The van der Waals surface area contributed by atoms with Gasteiger partial charge in [0.1, 0.15) is 0 Å². The molecular weight excluding hydrogens is 214 g/mol. The quantitative estimate of drug-likeness (QED) is 0.867. The van der Waals surface area contributed by atoms with Crippen molar-refractivity contribution in [1.82, 2.24) is 4.90 Å². The van der Waals surface area contributed by atoms with Crippen LogP contribution in [0.4, 0.5) is 0 Å². The van der Waals surface area contributed by atoms with Gasteiger partial charge in [0.2, 0.25) is 5.91 Å². The zero-order valence-corrected chi connectivity index (χ0v) is 10.3. The number of aliphatic hydroxyl groups excluding tert-OH is 1. The summed E-state index contributed by atoms with van der Waals surface area (Å²) in [4.78, 5) is 13.7. The Morgan fingerprint density at radius 2 is 1.94 bits per heavy atom. The van der Waals surface area contributed by atoms with Gasteiger partial charge in [0.25, 0.3) is 0 Å². The number of carbonyl (C=O) groups excluding carboxylic acids is 1. The Hall–Kier alpha value is -1.35. The lowest BCUT2D eigenvalue weighted by Gasteiger charge is -2.31. The third kappa shape index (κ3) is 2.50. The molecule has 1 aliphatic heterocycles. The molecule has 0 bridgehead atoms. The van der Waals surface area contributed by atoms with E-state index in [-0.39, 0.29) is 18.4 Å². The minimum atomic E-state index is -0.507. The first-order chi connectivity index (χ1) is 8.09. The van der Waals surface area contributed by atoms with Crippen molar-refractivity contribution in [3.05, 3.63) is 35.9 Å². The highest BCUT2D eigenvalue weighted by Crippen LogP contribution is 2.31. The molecule has 2 unspecified atom stereocenters. The molecule has 1 amide bonds. The van der Waals surface area contributed by atoms with Gasteiger partial charge in [-0.2, -0.15) is 0 Å². The van der Waals surface area contributed by atoms with Crippen LogP contribution in [0.3, 0.4) is 0 Å². The van der Waals surface area contributed by atoms with E-state index >= 15 is 0 Å². The Balaban J connectivity index is 2.27. The lowest BCUT2D eigenvalue weighted by Crippen LogP contribution is -2.33.